The second kappa shape index (κ2) is 10.5. The van der Waals surface area contributed by atoms with E-state index in [4.69, 9.17) is 5.11 Å². The molecule has 0 spiro atoms. The number of aromatic amines is 1. The van der Waals surface area contributed by atoms with Crippen molar-refractivity contribution < 1.29 is 54.3 Å². The highest BCUT2D eigenvalue weighted by molar-refractivity contribution is 5.90. The Morgan fingerprint density at radius 3 is 1.62 bits per heavy atom. The van der Waals surface area contributed by atoms with Gasteiger partial charge in [-0.05, 0) is 12.8 Å². The van der Waals surface area contributed by atoms with Crippen LogP contribution in [0.5, 0.6) is 0 Å². The van der Waals surface area contributed by atoms with Gasteiger partial charge < -0.3 is 30.5 Å². The Balaban J connectivity index is 3.95. The molecule has 0 unspecified atom stereocenters. The van der Waals surface area contributed by atoms with Crippen molar-refractivity contribution in [2.45, 2.75) is 57.3 Å². The summed E-state index contributed by atoms with van der Waals surface area (Å²) >= 11 is 0. The maximum absolute atomic E-state index is 11.8. The fourth-order valence-corrected chi connectivity index (χ4v) is 4.15. The molecule has 0 bridgehead atoms. The van der Waals surface area contributed by atoms with Crippen LogP contribution >= 0.6 is 0 Å². The molecule has 1 aromatic heterocycles. The molecule has 0 aliphatic heterocycles. The molecule has 0 saturated carbocycles. The van der Waals surface area contributed by atoms with Crippen molar-refractivity contribution in [3.8, 4) is 0 Å². The standard InChI is InChI=1S/C19H24N2O11/c1-10(22)17-20-9-11(21-17)19(7-15(29)30,8-16(31)32)18(5-13(25)26,6-14(27)28)4-2-3-12(23)24/h9H,2-8H2,1H3,(H,20,21)(H,23,24)(H,25,26)(H,27,28)(H,29,30)(H,31,32). The second-order valence-electron chi connectivity index (χ2n) is 7.59. The average Bonchev–Trinajstić information content (AvgIpc) is 3.09. The first kappa shape index (κ1) is 26.3. The number of aromatic nitrogens is 2. The number of ketones is 1. The molecule has 1 aromatic rings. The Labute approximate surface area is 181 Å². The van der Waals surface area contributed by atoms with Gasteiger partial charge >= 0.3 is 29.8 Å². The summed E-state index contributed by atoms with van der Waals surface area (Å²) in [4.78, 5) is 76.2. The number of nitrogens with one attached hydrogen (secondary N) is 1. The van der Waals surface area contributed by atoms with E-state index in [1.807, 2.05) is 0 Å². The van der Waals surface area contributed by atoms with E-state index in [9.17, 15) is 49.2 Å². The topological polar surface area (TPSA) is 232 Å². The zero-order valence-corrected chi connectivity index (χ0v) is 17.2. The Bertz CT molecular complexity index is 886. The van der Waals surface area contributed by atoms with Crippen LogP contribution in [-0.2, 0) is 29.4 Å². The lowest BCUT2D eigenvalue weighted by molar-refractivity contribution is -0.156. The first-order chi connectivity index (χ1) is 14.7. The van der Waals surface area contributed by atoms with E-state index in [0.29, 0.717) is 0 Å². The molecule has 13 nitrogen and oxygen atoms in total. The van der Waals surface area contributed by atoms with Gasteiger partial charge in [0.1, 0.15) is 0 Å². The second-order valence-corrected chi connectivity index (χ2v) is 7.59. The predicted octanol–water partition coefficient (Wildman–Crippen LogP) is 0.990. The zero-order chi connectivity index (χ0) is 24.7. The average molecular weight is 456 g/mol. The maximum atomic E-state index is 11.8. The predicted molar refractivity (Wildman–Crippen MR) is 103 cm³/mol. The number of aliphatic carboxylic acids is 5. The molecule has 1 heterocycles. The SMILES string of the molecule is CC(=O)c1ncc(C(CC(=O)O)(CC(=O)O)C(CCCC(=O)O)(CC(=O)O)CC(=O)O)[nH]1. The number of Topliss-reactive ketones (excluding diaryl/α,β-unsaturated/α-hetero) is 1. The Morgan fingerprint density at radius 1 is 0.812 bits per heavy atom. The largest absolute Gasteiger partial charge is 0.481 e. The number of hydrogen-bond donors (Lipinski definition) is 6. The summed E-state index contributed by atoms with van der Waals surface area (Å²) in [7, 11) is 0. The minimum Gasteiger partial charge on any atom is -0.481 e. The third kappa shape index (κ3) is 6.36. The fraction of sp³-hybridized carbons (Fsp3) is 0.526. The third-order valence-electron chi connectivity index (χ3n) is 5.37. The highest BCUT2D eigenvalue weighted by Gasteiger charge is 2.57. The smallest absolute Gasteiger partial charge is 0.304 e. The normalized spacial score (nSPS) is 11.7. The minimum atomic E-state index is -2.17. The molecular formula is C19H24N2O11. The Kier molecular flexibility index (Phi) is 8.62. The van der Waals surface area contributed by atoms with Crippen LogP contribution in [0.15, 0.2) is 6.20 Å². The molecule has 0 saturated heterocycles. The molecule has 0 aliphatic carbocycles. The van der Waals surface area contributed by atoms with E-state index >= 15 is 0 Å². The summed E-state index contributed by atoms with van der Waals surface area (Å²) < 4.78 is 0. The van der Waals surface area contributed by atoms with Crippen molar-refractivity contribution in [2.24, 2.45) is 5.41 Å². The number of carboxylic acids is 5. The van der Waals surface area contributed by atoms with Crippen LogP contribution in [0.3, 0.4) is 0 Å². The molecule has 0 aromatic carbocycles. The summed E-state index contributed by atoms with van der Waals surface area (Å²) in [5.74, 6) is -8.27. The lowest BCUT2D eigenvalue weighted by atomic mass is 9.53. The van der Waals surface area contributed by atoms with Gasteiger partial charge in [-0.15, -0.1) is 0 Å². The molecule has 13 heteroatoms. The number of rotatable bonds is 15. The van der Waals surface area contributed by atoms with Crippen LogP contribution in [0.2, 0.25) is 0 Å². The number of imidazole rings is 1. The molecule has 0 fully saturated rings. The lowest BCUT2D eigenvalue weighted by Gasteiger charge is -2.48. The van der Waals surface area contributed by atoms with Gasteiger partial charge in [0.25, 0.3) is 0 Å². The molecule has 0 radical (unpaired) electrons. The van der Waals surface area contributed by atoms with Crippen molar-refractivity contribution in [3.63, 3.8) is 0 Å². The van der Waals surface area contributed by atoms with E-state index in [1.165, 1.54) is 0 Å². The van der Waals surface area contributed by atoms with Crippen LogP contribution in [0.1, 0.15) is 68.2 Å². The molecule has 176 valence electrons. The summed E-state index contributed by atoms with van der Waals surface area (Å²) in [6.07, 6.45) is -4.12. The van der Waals surface area contributed by atoms with Gasteiger partial charge in [-0.3, -0.25) is 28.8 Å². The van der Waals surface area contributed by atoms with Crippen LogP contribution in [0.4, 0.5) is 0 Å². The van der Waals surface area contributed by atoms with Gasteiger partial charge in [-0.25, -0.2) is 4.98 Å². The first-order valence-electron chi connectivity index (χ1n) is 9.40. The fourth-order valence-electron chi connectivity index (χ4n) is 4.15. The summed E-state index contributed by atoms with van der Waals surface area (Å²) in [6.45, 7) is 1.13. The van der Waals surface area contributed by atoms with Crippen LogP contribution in [0.25, 0.3) is 0 Å². The summed E-state index contributed by atoms with van der Waals surface area (Å²) in [6, 6.07) is 0. The Hall–Kier alpha value is -3.77. The van der Waals surface area contributed by atoms with Gasteiger partial charge in [0.2, 0.25) is 0 Å². The van der Waals surface area contributed by atoms with E-state index < -0.39 is 85.0 Å². The zero-order valence-electron chi connectivity index (χ0n) is 17.2. The molecule has 32 heavy (non-hydrogen) atoms. The van der Waals surface area contributed by atoms with Crippen LogP contribution in [0, 0.1) is 5.41 Å². The first-order valence-corrected chi connectivity index (χ1v) is 9.40. The number of carbonyl (C=O) groups excluding carboxylic acids is 1. The number of H-pyrrole nitrogens is 1. The number of carboxylic acid groups (broad SMARTS) is 5. The van der Waals surface area contributed by atoms with E-state index in [1.54, 1.807) is 0 Å². The summed E-state index contributed by atoms with van der Waals surface area (Å²) in [5, 5.41) is 47.3. The number of hydrogen-bond acceptors (Lipinski definition) is 7. The van der Waals surface area contributed by atoms with E-state index in [0.717, 1.165) is 13.1 Å². The molecular weight excluding hydrogens is 432 g/mol. The van der Waals surface area contributed by atoms with Crippen molar-refractivity contribution in [1.29, 1.82) is 0 Å². The monoisotopic (exact) mass is 456 g/mol. The van der Waals surface area contributed by atoms with Gasteiger partial charge in [0, 0.05) is 36.1 Å². The maximum Gasteiger partial charge on any atom is 0.304 e. The highest BCUT2D eigenvalue weighted by Crippen LogP contribution is 2.54. The third-order valence-corrected chi connectivity index (χ3v) is 5.37. The van der Waals surface area contributed by atoms with Crippen molar-refractivity contribution >= 4 is 35.6 Å². The molecule has 0 aliphatic rings. The van der Waals surface area contributed by atoms with Gasteiger partial charge in [0.05, 0.1) is 25.7 Å². The van der Waals surface area contributed by atoms with Gasteiger partial charge in [-0.1, -0.05) is 0 Å². The summed E-state index contributed by atoms with van der Waals surface area (Å²) in [5.41, 5.74) is -4.44. The van der Waals surface area contributed by atoms with E-state index in [-0.39, 0.29) is 17.9 Å². The van der Waals surface area contributed by atoms with Crippen LogP contribution in [-0.4, -0.2) is 71.1 Å². The molecule has 0 atom stereocenters. The highest BCUT2D eigenvalue weighted by atomic mass is 16.4. The van der Waals surface area contributed by atoms with Crippen molar-refractivity contribution in [2.75, 3.05) is 0 Å². The van der Waals surface area contributed by atoms with Crippen LogP contribution < -0.4 is 0 Å². The number of carbonyl (C=O) groups is 6. The molecule has 1 rings (SSSR count). The Morgan fingerprint density at radius 2 is 1.28 bits per heavy atom. The van der Waals surface area contributed by atoms with Crippen molar-refractivity contribution in [3.05, 3.63) is 17.7 Å². The molecule has 6 N–H and O–H groups in total. The molecule has 0 amide bonds. The van der Waals surface area contributed by atoms with Gasteiger partial charge in [-0.2, -0.15) is 0 Å². The van der Waals surface area contributed by atoms with Gasteiger partial charge in [0.15, 0.2) is 11.6 Å². The quantitative estimate of drug-likeness (QED) is 0.203. The van der Waals surface area contributed by atoms with E-state index in [2.05, 4.69) is 9.97 Å². The van der Waals surface area contributed by atoms with Crippen molar-refractivity contribution in [1.82, 2.24) is 9.97 Å². The lowest BCUT2D eigenvalue weighted by Crippen LogP contribution is -2.51. The number of nitrogens with zero attached hydrogens (tertiary/aromatic N) is 1. The minimum absolute atomic E-state index is 0.231.